The molecule has 0 saturated heterocycles. The minimum Gasteiger partial charge on any atom is -0.735 e. The van der Waals surface area contributed by atoms with Gasteiger partial charge in [0.05, 0.1) is 0 Å². The Morgan fingerprint density at radius 3 is 2.19 bits per heavy atom. The molecule has 1 aliphatic rings. The van der Waals surface area contributed by atoms with Gasteiger partial charge in [0.25, 0.3) is 0 Å². The topological polar surface area (TPSA) is 95.5 Å². The van der Waals surface area contributed by atoms with E-state index in [1.54, 1.807) is 0 Å². The van der Waals surface area contributed by atoms with E-state index >= 15 is 0 Å². The van der Waals surface area contributed by atoms with E-state index in [1.807, 2.05) is 4.72 Å². The van der Waals surface area contributed by atoms with Crippen LogP contribution in [0.1, 0.15) is 39.0 Å². The maximum Gasteiger partial charge on any atom is 1.00 e. The van der Waals surface area contributed by atoms with Gasteiger partial charge in [-0.05, 0) is 12.8 Å². The molecule has 1 fully saturated rings. The average Bonchev–Trinajstić information content (AvgIpc) is 1.99. The predicted octanol–water partition coefficient (Wildman–Crippen LogP) is -2.74. The summed E-state index contributed by atoms with van der Waals surface area (Å²) in [5.74, 6) is -0.590. The number of carbonyl (C=O) groups excluding carboxylic acids is 1. The first kappa shape index (κ1) is 16.3. The molecule has 88 valence electrons. The first-order valence-corrected chi connectivity index (χ1v) is 6.18. The molecule has 1 aliphatic carbocycles. The van der Waals surface area contributed by atoms with E-state index in [2.05, 4.69) is 0 Å². The molecule has 16 heavy (non-hydrogen) atoms. The molecule has 0 bridgehead atoms. The molecule has 0 aromatic carbocycles. The molecule has 0 radical (unpaired) electrons. The van der Waals surface area contributed by atoms with Crippen molar-refractivity contribution in [1.29, 1.82) is 0 Å². The fourth-order valence-electron chi connectivity index (χ4n) is 1.85. The fourth-order valence-corrected chi connectivity index (χ4v) is 2.55. The van der Waals surface area contributed by atoms with Crippen LogP contribution in [0.2, 0.25) is 0 Å². The van der Waals surface area contributed by atoms with Crippen molar-refractivity contribution in [3.63, 3.8) is 0 Å². The molecule has 0 unspecified atom stereocenters. The molecule has 1 rings (SSSR count). The molecule has 6 nitrogen and oxygen atoms in total. The SMILES string of the molecule is CC(=O)OC1(NS(=O)(=O)[O-])CCCCC1.[Na+]. The summed E-state index contributed by atoms with van der Waals surface area (Å²) in [7, 11) is -4.61. The Morgan fingerprint density at radius 2 is 1.81 bits per heavy atom. The van der Waals surface area contributed by atoms with Crippen LogP contribution in [0.15, 0.2) is 0 Å². The van der Waals surface area contributed by atoms with Gasteiger partial charge in [-0.1, -0.05) is 6.42 Å². The van der Waals surface area contributed by atoms with Gasteiger partial charge in [0, 0.05) is 19.8 Å². The zero-order valence-corrected chi connectivity index (χ0v) is 12.3. The average molecular weight is 259 g/mol. The van der Waals surface area contributed by atoms with E-state index in [-0.39, 0.29) is 29.6 Å². The van der Waals surface area contributed by atoms with E-state index in [1.165, 1.54) is 6.92 Å². The molecule has 0 amide bonds. The largest absolute Gasteiger partial charge is 1.00 e. The molecule has 0 aliphatic heterocycles. The van der Waals surface area contributed by atoms with Crippen molar-refractivity contribution in [1.82, 2.24) is 4.72 Å². The zero-order chi connectivity index (χ0) is 11.5. The maximum atomic E-state index is 10.8. The zero-order valence-electron chi connectivity index (χ0n) is 9.49. The van der Waals surface area contributed by atoms with Gasteiger partial charge in [-0.3, -0.25) is 4.79 Å². The summed E-state index contributed by atoms with van der Waals surface area (Å²) in [5.41, 5.74) is -1.31. The van der Waals surface area contributed by atoms with Crippen LogP contribution in [-0.4, -0.2) is 24.7 Å². The van der Waals surface area contributed by atoms with Crippen LogP contribution < -0.4 is 34.3 Å². The first-order valence-electron chi connectivity index (χ1n) is 4.77. The maximum absolute atomic E-state index is 10.8. The monoisotopic (exact) mass is 259 g/mol. The summed E-state index contributed by atoms with van der Waals surface area (Å²) < 4.78 is 38.7. The Hall–Kier alpha value is 0.340. The first-order chi connectivity index (χ1) is 6.83. The Kier molecular flexibility index (Phi) is 6.45. The second-order valence-corrected chi connectivity index (χ2v) is 4.82. The molecule has 8 heteroatoms. The molecular weight excluding hydrogens is 245 g/mol. The number of hydrogen-bond donors (Lipinski definition) is 1. The van der Waals surface area contributed by atoms with Crippen LogP contribution in [0.4, 0.5) is 0 Å². The van der Waals surface area contributed by atoms with Gasteiger partial charge in [-0.2, -0.15) is 4.72 Å². The number of hydrogen-bond acceptors (Lipinski definition) is 5. The van der Waals surface area contributed by atoms with Crippen LogP contribution in [0.3, 0.4) is 0 Å². The van der Waals surface area contributed by atoms with Crippen LogP contribution in [0.5, 0.6) is 0 Å². The smallest absolute Gasteiger partial charge is 0.735 e. The van der Waals surface area contributed by atoms with Gasteiger partial charge < -0.3 is 9.29 Å². The van der Waals surface area contributed by atoms with Crippen LogP contribution in [0.25, 0.3) is 0 Å². The Morgan fingerprint density at radius 1 is 1.31 bits per heavy atom. The van der Waals surface area contributed by atoms with Gasteiger partial charge in [-0.15, -0.1) is 0 Å². The van der Waals surface area contributed by atoms with Crippen molar-refractivity contribution in [3.05, 3.63) is 0 Å². The van der Waals surface area contributed by atoms with Crippen molar-refractivity contribution in [3.8, 4) is 0 Å². The third-order valence-corrected chi connectivity index (χ3v) is 2.93. The van der Waals surface area contributed by atoms with E-state index in [0.29, 0.717) is 12.8 Å². The normalized spacial score (nSPS) is 19.6. The number of rotatable bonds is 3. The standard InChI is InChI=1S/C8H15NO5S.Na/c1-7(10)14-8(9-15(11,12)13)5-3-2-4-6-8;/h9H,2-6H2,1H3,(H,11,12,13);/q;+1/p-1. The van der Waals surface area contributed by atoms with E-state index in [4.69, 9.17) is 4.74 Å². The second kappa shape index (κ2) is 6.32. The molecule has 0 aromatic heterocycles. The van der Waals surface area contributed by atoms with E-state index in [0.717, 1.165) is 19.3 Å². The predicted molar refractivity (Wildman–Crippen MR) is 50.4 cm³/mol. The minimum absolute atomic E-state index is 0. The number of carbonyl (C=O) groups is 1. The summed E-state index contributed by atoms with van der Waals surface area (Å²) in [6.45, 7) is 1.19. The molecule has 0 spiro atoms. The van der Waals surface area contributed by atoms with Crippen molar-refractivity contribution in [2.24, 2.45) is 0 Å². The molecule has 0 aromatic rings. The van der Waals surface area contributed by atoms with Gasteiger partial charge in [0.2, 0.25) is 0 Å². The molecule has 1 saturated carbocycles. The molecule has 1 N–H and O–H groups in total. The van der Waals surface area contributed by atoms with Crippen molar-refractivity contribution in [2.75, 3.05) is 0 Å². The van der Waals surface area contributed by atoms with Crippen molar-refractivity contribution >= 4 is 16.3 Å². The Labute approximate surface area is 117 Å². The van der Waals surface area contributed by atoms with Gasteiger partial charge in [-0.25, -0.2) is 8.42 Å². The molecular formula is C8H14NNaO5S. The van der Waals surface area contributed by atoms with Crippen LogP contribution >= 0.6 is 0 Å². The third-order valence-electron chi connectivity index (χ3n) is 2.31. The summed E-state index contributed by atoms with van der Waals surface area (Å²) >= 11 is 0. The Balaban J connectivity index is 0.00000225. The quantitative estimate of drug-likeness (QED) is 0.257. The molecule has 0 heterocycles. The second-order valence-electron chi connectivity index (χ2n) is 3.70. The van der Waals surface area contributed by atoms with Crippen LogP contribution in [0, 0.1) is 0 Å². The summed E-state index contributed by atoms with van der Waals surface area (Å²) in [5, 5.41) is 0. The fraction of sp³-hybridized carbons (Fsp3) is 0.875. The summed E-state index contributed by atoms with van der Waals surface area (Å²) in [6.07, 6.45) is 3.12. The third kappa shape index (κ3) is 5.60. The molecule has 0 atom stereocenters. The number of ether oxygens (including phenoxy) is 1. The van der Waals surface area contributed by atoms with E-state index < -0.39 is 22.0 Å². The Bertz CT molecular complexity index is 336. The van der Waals surface area contributed by atoms with Crippen molar-refractivity contribution in [2.45, 2.75) is 44.8 Å². The minimum atomic E-state index is -4.61. The number of esters is 1. The summed E-state index contributed by atoms with van der Waals surface area (Å²) in [6, 6.07) is 0. The number of nitrogens with one attached hydrogen (secondary N) is 1. The van der Waals surface area contributed by atoms with Gasteiger partial charge in [0.15, 0.2) is 16.0 Å². The van der Waals surface area contributed by atoms with Crippen LogP contribution in [-0.2, 0) is 19.8 Å². The van der Waals surface area contributed by atoms with Gasteiger partial charge >= 0.3 is 35.5 Å². The summed E-state index contributed by atoms with van der Waals surface area (Å²) in [4.78, 5) is 10.8. The van der Waals surface area contributed by atoms with Gasteiger partial charge in [0.1, 0.15) is 0 Å². The van der Waals surface area contributed by atoms with E-state index in [9.17, 15) is 17.8 Å². The van der Waals surface area contributed by atoms with Crippen molar-refractivity contribution < 1.29 is 52.1 Å².